The first-order valence-electron chi connectivity index (χ1n) is 6.42. The van der Waals surface area contributed by atoms with E-state index in [0.717, 1.165) is 25.6 Å². The number of hydrogen-bond acceptors (Lipinski definition) is 3. The highest BCUT2D eigenvalue weighted by Gasteiger charge is 2.20. The minimum absolute atomic E-state index is 0. The first-order chi connectivity index (χ1) is 8.31. The second kappa shape index (κ2) is 7.62. The standard InChI is InChI=1S/C14H22N2O.ClH/c1-12-10-13-4-2-3-5-14(13)16(11-12)7-9-17-8-6-15;/h2-5,12H,6-11,15H2,1H3;1H. The van der Waals surface area contributed by atoms with E-state index in [4.69, 9.17) is 10.5 Å². The Morgan fingerprint density at radius 2 is 2.11 bits per heavy atom. The zero-order valence-corrected chi connectivity index (χ0v) is 11.8. The molecule has 0 aliphatic carbocycles. The van der Waals surface area contributed by atoms with Gasteiger partial charge in [0.2, 0.25) is 0 Å². The number of anilines is 1. The topological polar surface area (TPSA) is 38.5 Å². The van der Waals surface area contributed by atoms with Crippen molar-refractivity contribution in [1.82, 2.24) is 0 Å². The lowest BCUT2D eigenvalue weighted by Gasteiger charge is -2.34. The molecule has 0 saturated carbocycles. The SMILES string of the molecule is CC1Cc2ccccc2N(CCOCCN)C1.Cl. The summed E-state index contributed by atoms with van der Waals surface area (Å²) in [4.78, 5) is 2.43. The van der Waals surface area contributed by atoms with Gasteiger partial charge in [-0.15, -0.1) is 12.4 Å². The number of nitrogens with two attached hydrogens (primary N) is 1. The van der Waals surface area contributed by atoms with Gasteiger partial charge in [0.15, 0.2) is 0 Å². The highest BCUT2D eigenvalue weighted by molar-refractivity contribution is 5.85. The lowest BCUT2D eigenvalue weighted by Crippen LogP contribution is -2.36. The number of fused-ring (bicyclic) bond motifs is 1. The lowest BCUT2D eigenvalue weighted by atomic mass is 9.94. The second-order valence-electron chi connectivity index (χ2n) is 4.79. The predicted octanol–water partition coefficient (Wildman–Crippen LogP) is 2.08. The summed E-state index contributed by atoms with van der Waals surface area (Å²) in [5.74, 6) is 0.722. The molecular weight excluding hydrogens is 248 g/mol. The molecule has 2 N–H and O–H groups in total. The van der Waals surface area contributed by atoms with Crippen LogP contribution in [0.25, 0.3) is 0 Å². The van der Waals surface area contributed by atoms with E-state index in [1.54, 1.807) is 0 Å². The third-order valence-electron chi connectivity index (χ3n) is 3.20. The summed E-state index contributed by atoms with van der Waals surface area (Å²) < 4.78 is 5.47. The van der Waals surface area contributed by atoms with Gasteiger partial charge in [-0.1, -0.05) is 25.1 Å². The largest absolute Gasteiger partial charge is 0.378 e. The van der Waals surface area contributed by atoms with Crippen LogP contribution in [0.2, 0.25) is 0 Å². The van der Waals surface area contributed by atoms with E-state index < -0.39 is 0 Å². The number of rotatable bonds is 5. The van der Waals surface area contributed by atoms with Crippen molar-refractivity contribution in [2.24, 2.45) is 11.7 Å². The molecule has 1 aliphatic rings. The number of nitrogens with zero attached hydrogens (tertiary/aromatic N) is 1. The van der Waals surface area contributed by atoms with Crippen molar-refractivity contribution >= 4 is 18.1 Å². The quantitative estimate of drug-likeness (QED) is 0.833. The van der Waals surface area contributed by atoms with Crippen LogP contribution in [0.1, 0.15) is 12.5 Å². The molecule has 1 aromatic rings. The van der Waals surface area contributed by atoms with Crippen molar-refractivity contribution in [3.8, 4) is 0 Å². The number of hydrogen-bond donors (Lipinski definition) is 1. The summed E-state index contributed by atoms with van der Waals surface area (Å²) in [5.41, 5.74) is 8.25. The van der Waals surface area contributed by atoms with E-state index in [0.29, 0.717) is 13.2 Å². The first kappa shape index (κ1) is 15.3. The minimum Gasteiger partial charge on any atom is -0.378 e. The summed E-state index contributed by atoms with van der Waals surface area (Å²) >= 11 is 0. The monoisotopic (exact) mass is 270 g/mol. The van der Waals surface area contributed by atoms with Crippen molar-refractivity contribution in [1.29, 1.82) is 0 Å². The summed E-state index contributed by atoms with van der Waals surface area (Å²) in [7, 11) is 0. The Balaban J connectivity index is 0.00000162. The van der Waals surface area contributed by atoms with Gasteiger partial charge in [0, 0.05) is 25.3 Å². The summed E-state index contributed by atoms with van der Waals surface area (Å²) in [5, 5.41) is 0. The molecule has 18 heavy (non-hydrogen) atoms. The van der Waals surface area contributed by atoms with Gasteiger partial charge in [0.05, 0.1) is 13.2 Å². The zero-order valence-electron chi connectivity index (χ0n) is 11.0. The van der Waals surface area contributed by atoms with E-state index >= 15 is 0 Å². The van der Waals surface area contributed by atoms with Gasteiger partial charge < -0.3 is 15.4 Å². The van der Waals surface area contributed by atoms with Crippen molar-refractivity contribution in [2.45, 2.75) is 13.3 Å². The van der Waals surface area contributed by atoms with Gasteiger partial charge in [0.25, 0.3) is 0 Å². The number of benzene rings is 1. The zero-order chi connectivity index (χ0) is 12.1. The fraction of sp³-hybridized carbons (Fsp3) is 0.571. The van der Waals surface area contributed by atoms with Crippen LogP contribution in [0.3, 0.4) is 0 Å². The number of halogens is 1. The van der Waals surface area contributed by atoms with Gasteiger partial charge in [-0.3, -0.25) is 0 Å². The molecule has 1 heterocycles. The van der Waals surface area contributed by atoms with Crippen molar-refractivity contribution < 1.29 is 4.74 Å². The van der Waals surface area contributed by atoms with Crippen LogP contribution in [-0.2, 0) is 11.2 Å². The molecule has 0 aromatic heterocycles. The Bertz CT molecular complexity index is 359. The number of ether oxygens (including phenoxy) is 1. The molecule has 0 radical (unpaired) electrons. The molecule has 102 valence electrons. The first-order valence-corrected chi connectivity index (χ1v) is 6.42. The molecule has 1 aromatic carbocycles. The third-order valence-corrected chi connectivity index (χ3v) is 3.20. The second-order valence-corrected chi connectivity index (χ2v) is 4.79. The summed E-state index contributed by atoms with van der Waals surface area (Å²) in [6.07, 6.45) is 1.19. The Kier molecular flexibility index (Phi) is 6.47. The van der Waals surface area contributed by atoms with E-state index in [-0.39, 0.29) is 12.4 Å². The van der Waals surface area contributed by atoms with Crippen LogP contribution < -0.4 is 10.6 Å². The highest BCUT2D eigenvalue weighted by atomic mass is 35.5. The molecule has 1 unspecified atom stereocenters. The fourth-order valence-corrected chi connectivity index (χ4v) is 2.48. The van der Waals surface area contributed by atoms with Crippen LogP contribution in [0, 0.1) is 5.92 Å². The molecular formula is C14H23ClN2O. The number of para-hydroxylation sites is 1. The summed E-state index contributed by atoms with van der Waals surface area (Å²) in [6.45, 7) is 6.42. The molecule has 0 spiro atoms. The van der Waals surface area contributed by atoms with Crippen LogP contribution in [0.15, 0.2) is 24.3 Å². The van der Waals surface area contributed by atoms with Gasteiger partial charge in [0.1, 0.15) is 0 Å². The van der Waals surface area contributed by atoms with Gasteiger partial charge in [-0.05, 0) is 24.0 Å². The van der Waals surface area contributed by atoms with Crippen molar-refractivity contribution in [3.05, 3.63) is 29.8 Å². The normalized spacial score (nSPS) is 18.1. The van der Waals surface area contributed by atoms with E-state index in [1.807, 2.05) is 0 Å². The Labute approximate surface area is 116 Å². The Hall–Kier alpha value is -0.770. The minimum atomic E-state index is 0. The smallest absolute Gasteiger partial charge is 0.0642 e. The molecule has 4 heteroatoms. The molecule has 0 amide bonds. The predicted molar refractivity (Wildman–Crippen MR) is 78.6 cm³/mol. The molecule has 0 bridgehead atoms. The highest BCUT2D eigenvalue weighted by Crippen LogP contribution is 2.28. The maximum Gasteiger partial charge on any atom is 0.0642 e. The third kappa shape index (κ3) is 3.87. The van der Waals surface area contributed by atoms with Crippen molar-refractivity contribution in [2.75, 3.05) is 37.7 Å². The Morgan fingerprint density at radius 1 is 1.33 bits per heavy atom. The van der Waals surface area contributed by atoms with Crippen LogP contribution in [0.5, 0.6) is 0 Å². The van der Waals surface area contributed by atoms with Crippen LogP contribution in [-0.4, -0.2) is 32.8 Å². The molecule has 0 fully saturated rings. The molecule has 3 nitrogen and oxygen atoms in total. The van der Waals surface area contributed by atoms with E-state index in [2.05, 4.69) is 36.1 Å². The maximum atomic E-state index is 5.47. The van der Waals surface area contributed by atoms with E-state index in [9.17, 15) is 0 Å². The maximum absolute atomic E-state index is 5.47. The molecule has 2 rings (SSSR count). The summed E-state index contributed by atoms with van der Waals surface area (Å²) in [6, 6.07) is 8.69. The average Bonchev–Trinajstić information content (AvgIpc) is 2.34. The van der Waals surface area contributed by atoms with Crippen LogP contribution >= 0.6 is 12.4 Å². The Morgan fingerprint density at radius 3 is 2.89 bits per heavy atom. The van der Waals surface area contributed by atoms with Gasteiger partial charge in [-0.25, -0.2) is 0 Å². The van der Waals surface area contributed by atoms with E-state index in [1.165, 1.54) is 17.7 Å². The van der Waals surface area contributed by atoms with Crippen molar-refractivity contribution in [3.63, 3.8) is 0 Å². The van der Waals surface area contributed by atoms with Gasteiger partial charge >= 0.3 is 0 Å². The fourth-order valence-electron chi connectivity index (χ4n) is 2.48. The van der Waals surface area contributed by atoms with Gasteiger partial charge in [-0.2, -0.15) is 0 Å². The molecule has 1 atom stereocenters. The lowest BCUT2D eigenvalue weighted by molar-refractivity contribution is 0.147. The van der Waals surface area contributed by atoms with Crippen LogP contribution in [0.4, 0.5) is 5.69 Å². The molecule has 0 saturated heterocycles. The molecule has 1 aliphatic heterocycles. The average molecular weight is 271 g/mol.